The van der Waals surface area contributed by atoms with Crippen molar-refractivity contribution >= 4 is 11.5 Å². The smallest absolute Gasteiger partial charge is 0.133 e. The summed E-state index contributed by atoms with van der Waals surface area (Å²) < 4.78 is 0. The molecule has 0 aromatic carbocycles. The Morgan fingerprint density at radius 2 is 2.18 bits per heavy atom. The van der Waals surface area contributed by atoms with Gasteiger partial charge in [-0.1, -0.05) is 0 Å². The molecule has 17 heavy (non-hydrogen) atoms. The van der Waals surface area contributed by atoms with Crippen molar-refractivity contribution in [1.29, 1.82) is 5.26 Å². The van der Waals surface area contributed by atoms with E-state index in [2.05, 4.69) is 20.9 Å². The topological polar surface area (TPSA) is 52.8 Å². The van der Waals surface area contributed by atoms with E-state index in [9.17, 15) is 0 Å². The average molecular weight is 222 g/mol. The zero-order valence-electron chi connectivity index (χ0n) is 9.17. The Hall–Kier alpha value is -2.41. The second-order valence-corrected chi connectivity index (χ2v) is 3.92. The van der Waals surface area contributed by atoms with Gasteiger partial charge in [0.25, 0.3) is 0 Å². The van der Waals surface area contributed by atoms with Crippen LogP contribution >= 0.6 is 0 Å². The molecule has 0 atom stereocenters. The summed E-state index contributed by atoms with van der Waals surface area (Å²) in [5.41, 5.74) is 3.00. The van der Waals surface area contributed by atoms with E-state index < -0.39 is 0 Å². The lowest BCUT2D eigenvalue weighted by Gasteiger charge is -2.17. The van der Waals surface area contributed by atoms with Crippen LogP contribution in [0.25, 0.3) is 0 Å². The number of rotatable bonds is 1. The van der Waals surface area contributed by atoms with Crippen LogP contribution in [0.2, 0.25) is 0 Å². The molecule has 0 bridgehead atoms. The quantitative estimate of drug-likeness (QED) is 0.741. The maximum atomic E-state index is 8.74. The molecule has 2 aromatic heterocycles. The highest BCUT2D eigenvalue weighted by Gasteiger charge is 2.20. The highest BCUT2D eigenvalue weighted by molar-refractivity contribution is 5.66. The van der Waals surface area contributed by atoms with Crippen LogP contribution in [0.15, 0.2) is 36.8 Å². The van der Waals surface area contributed by atoms with Crippen molar-refractivity contribution < 1.29 is 0 Å². The first-order chi connectivity index (χ1) is 8.38. The fraction of sp³-hybridized carbons (Fsp3) is 0.154. The number of hydrogen-bond acceptors (Lipinski definition) is 4. The van der Waals surface area contributed by atoms with Crippen molar-refractivity contribution in [3.8, 4) is 6.07 Å². The summed E-state index contributed by atoms with van der Waals surface area (Å²) in [4.78, 5) is 10.6. The Morgan fingerprint density at radius 1 is 1.24 bits per heavy atom. The van der Waals surface area contributed by atoms with Gasteiger partial charge in [-0.15, -0.1) is 0 Å². The van der Waals surface area contributed by atoms with Gasteiger partial charge in [0, 0.05) is 30.8 Å². The Bertz CT molecular complexity index is 583. The molecule has 3 heterocycles. The Balaban J connectivity index is 1.99. The molecule has 4 heteroatoms. The minimum absolute atomic E-state index is 0.586. The summed E-state index contributed by atoms with van der Waals surface area (Å²) in [6.45, 7) is 0.917. The number of nitriles is 1. The van der Waals surface area contributed by atoms with Crippen molar-refractivity contribution in [2.75, 3.05) is 11.4 Å². The van der Waals surface area contributed by atoms with Crippen molar-refractivity contribution in [3.05, 3.63) is 47.9 Å². The van der Waals surface area contributed by atoms with Gasteiger partial charge in [0.2, 0.25) is 0 Å². The maximum absolute atomic E-state index is 8.74. The van der Waals surface area contributed by atoms with Crippen molar-refractivity contribution in [1.82, 2.24) is 9.97 Å². The first kappa shape index (κ1) is 9.79. The third kappa shape index (κ3) is 1.62. The second-order valence-electron chi connectivity index (χ2n) is 3.92. The van der Waals surface area contributed by atoms with Crippen molar-refractivity contribution in [2.45, 2.75) is 6.42 Å². The lowest BCUT2D eigenvalue weighted by Crippen LogP contribution is -2.14. The predicted octanol–water partition coefficient (Wildman–Crippen LogP) is 2.04. The van der Waals surface area contributed by atoms with Crippen LogP contribution in [0, 0.1) is 11.3 Å². The molecule has 3 rings (SSSR count). The molecule has 0 aliphatic carbocycles. The molecular formula is C13H10N4. The van der Waals surface area contributed by atoms with Crippen LogP contribution in [-0.4, -0.2) is 16.5 Å². The van der Waals surface area contributed by atoms with Crippen molar-refractivity contribution in [3.63, 3.8) is 0 Å². The Morgan fingerprint density at radius 3 is 2.94 bits per heavy atom. The molecule has 0 spiro atoms. The number of nitrogens with zero attached hydrogens (tertiary/aromatic N) is 4. The molecule has 0 amide bonds. The fourth-order valence-electron chi connectivity index (χ4n) is 2.08. The molecule has 1 aliphatic rings. The first-order valence-corrected chi connectivity index (χ1v) is 5.45. The molecule has 82 valence electrons. The molecule has 2 aromatic rings. The summed E-state index contributed by atoms with van der Waals surface area (Å²) in [5.74, 6) is 0.883. The van der Waals surface area contributed by atoms with Crippen LogP contribution in [-0.2, 0) is 6.42 Å². The van der Waals surface area contributed by atoms with Gasteiger partial charge < -0.3 is 4.90 Å². The molecule has 1 aliphatic heterocycles. The van der Waals surface area contributed by atoms with Gasteiger partial charge in [0.05, 0.1) is 5.56 Å². The molecular weight excluding hydrogens is 212 g/mol. The van der Waals surface area contributed by atoms with Crippen LogP contribution < -0.4 is 4.90 Å². The predicted molar refractivity (Wildman–Crippen MR) is 63.9 cm³/mol. The summed E-state index contributed by atoms with van der Waals surface area (Å²) in [7, 11) is 0. The third-order valence-electron chi connectivity index (χ3n) is 2.93. The fourth-order valence-corrected chi connectivity index (χ4v) is 2.08. The SMILES string of the molecule is N#Cc1ccc(N2CCc3cnccc32)nc1. The zero-order chi connectivity index (χ0) is 11.7. The summed E-state index contributed by atoms with van der Waals surface area (Å²) in [6.07, 6.45) is 6.29. The summed E-state index contributed by atoms with van der Waals surface area (Å²) in [6, 6.07) is 7.75. The molecule has 0 saturated heterocycles. The number of aromatic nitrogens is 2. The second kappa shape index (κ2) is 3.87. The average Bonchev–Trinajstić information content (AvgIpc) is 2.83. The lowest BCUT2D eigenvalue weighted by molar-refractivity contribution is 0.972. The van der Waals surface area contributed by atoms with E-state index >= 15 is 0 Å². The molecule has 0 fully saturated rings. The molecule has 0 radical (unpaired) electrons. The summed E-state index contributed by atoms with van der Waals surface area (Å²) >= 11 is 0. The number of fused-ring (bicyclic) bond motifs is 1. The molecule has 0 unspecified atom stereocenters. The van der Waals surface area contributed by atoms with Crippen LogP contribution in [0.5, 0.6) is 0 Å². The van der Waals surface area contributed by atoms with Gasteiger partial charge >= 0.3 is 0 Å². The van der Waals surface area contributed by atoms with Gasteiger partial charge in [-0.25, -0.2) is 4.98 Å². The summed E-state index contributed by atoms with van der Waals surface area (Å²) in [5, 5.41) is 8.74. The normalized spacial score (nSPS) is 13.2. The maximum Gasteiger partial charge on any atom is 0.133 e. The van der Waals surface area contributed by atoms with E-state index in [0.29, 0.717) is 5.56 Å². The standard InChI is InChI=1S/C13H10N4/c14-7-10-1-2-13(16-8-10)17-6-4-11-9-15-5-3-12(11)17/h1-3,5,8-9H,4,6H2. The van der Waals surface area contributed by atoms with Gasteiger partial charge in [0.1, 0.15) is 11.9 Å². The van der Waals surface area contributed by atoms with E-state index in [1.807, 2.05) is 18.3 Å². The number of hydrogen-bond donors (Lipinski definition) is 0. The highest BCUT2D eigenvalue weighted by Crippen LogP contribution is 2.32. The van der Waals surface area contributed by atoms with Gasteiger partial charge in [-0.2, -0.15) is 5.26 Å². The first-order valence-electron chi connectivity index (χ1n) is 5.45. The minimum Gasteiger partial charge on any atom is -0.326 e. The van der Waals surface area contributed by atoms with Crippen LogP contribution in [0.1, 0.15) is 11.1 Å². The monoisotopic (exact) mass is 222 g/mol. The van der Waals surface area contributed by atoms with Gasteiger partial charge in [0.15, 0.2) is 0 Å². The van der Waals surface area contributed by atoms with Crippen molar-refractivity contribution in [2.24, 2.45) is 0 Å². The van der Waals surface area contributed by atoms with E-state index in [4.69, 9.17) is 5.26 Å². The Kier molecular flexibility index (Phi) is 2.23. The minimum atomic E-state index is 0.586. The van der Waals surface area contributed by atoms with Crippen LogP contribution in [0.3, 0.4) is 0 Å². The van der Waals surface area contributed by atoms with E-state index in [0.717, 1.165) is 24.5 Å². The number of anilines is 2. The molecule has 4 nitrogen and oxygen atoms in total. The Labute approximate surface area is 99.2 Å². The van der Waals surface area contributed by atoms with E-state index in [-0.39, 0.29) is 0 Å². The lowest BCUT2D eigenvalue weighted by atomic mass is 10.2. The third-order valence-corrected chi connectivity index (χ3v) is 2.93. The van der Waals surface area contributed by atoms with E-state index in [1.54, 1.807) is 18.5 Å². The van der Waals surface area contributed by atoms with Gasteiger partial charge in [-0.3, -0.25) is 4.98 Å². The van der Waals surface area contributed by atoms with E-state index in [1.165, 1.54) is 5.56 Å². The molecule has 0 N–H and O–H groups in total. The largest absolute Gasteiger partial charge is 0.326 e. The molecule has 0 saturated carbocycles. The number of pyridine rings is 2. The van der Waals surface area contributed by atoms with Crippen LogP contribution in [0.4, 0.5) is 11.5 Å². The highest BCUT2D eigenvalue weighted by atomic mass is 15.2. The van der Waals surface area contributed by atoms with Gasteiger partial charge in [-0.05, 0) is 30.2 Å². The zero-order valence-corrected chi connectivity index (χ0v) is 9.17.